The Morgan fingerprint density at radius 2 is 1.77 bits per heavy atom. The lowest BCUT2D eigenvalue weighted by atomic mass is 9.89. The molecule has 136 valence electrons. The Morgan fingerprint density at radius 3 is 2.38 bits per heavy atom. The number of hydrogen-bond acceptors (Lipinski definition) is 4. The fraction of sp³-hybridized carbons (Fsp3) is 0.300. The molecule has 1 saturated heterocycles. The molecule has 1 aliphatic rings. The fourth-order valence-electron chi connectivity index (χ4n) is 3.20. The van der Waals surface area contributed by atoms with E-state index < -0.39 is 18.0 Å². The number of likely N-dealkylation sites (tertiary alicyclic amines) is 1. The fourth-order valence-corrected chi connectivity index (χ4v) is 3.20. The van der Waals surface area contributed by atoms with Crippen LogP contribution in [-0.4, -0.2) is 42.3 Å². The number of benzene rings is 2. The van der Waals surface area contributed by atoms with Crippen molar-refractivity contribution in [3.63, 3.8) is 0 Å². The van der Waals surface area contributed by atoms with E-state index in [1.54, 1.807) is 19.2 Å². The molecular weight excluding hydrogens is 334 g/mol. The van der Waals surface area contributed by atoms with E-state index in [9.17, 15) is 14.7 Å². The van der Waals surface area contributed by atoms with Crippen LogP contribution in [0.5, 0.6) is 5.75 Å². The Labute approximate surface area is 152 Å². The number of carbonyl (C=O) groups excluding carboxylic acids is 1. The van der Waals surface area contributed by atoms with Crippen molar-refractivity contribution in [1.82, 2.24) is 4.90 Å². The number of amides is 1. The summed E-state index contributed by atoms with van der Waals surface area (Å²) in [4.78, 5) is 25.5. The highest BCUT2D eigenvalue weighted by Gasteiger charge is 2.41. The minimum absolute atomic E-state index is 0.139. The molecule has 0 saturated carbocycles. The number of methoxy groups -OCH3 is 1. The van der Waals surface area contributed by atoms with Gasteiger partial charge in [-0.05, 0) is 23.3 Å². The van der Waals surface area contributed by atoms with Crippen molar-refractivity contribution in [2.75, 3.05) is 20.2 Å². The van der Waals surface area contributed by atoms with Gasteiger partial charge in [-0.25, -0.2) is 4.79 Å². The van der Waals surface area contributed by atoms with Gasteiger partial charge < -0.3 is 19.5 Å². The van der Waals surface area contributed by atoms with Crippen molar-refractivity contribution >= 4 is 12.1 Å². The molecule has 2 unspecified atom stereocenters. The molecule has 1 amide bonds. The average Bonchev–Trinajstić information content (AvgIpc) is 3.13. The van der Waals surface area contributed by atoms with Gasteiger partial charge in [0.2, 0.25) is 0 Å². The second kappa shape index (κ2) is 7.91. The molecule has 0 aromatic heterocycles. The van der Waals surface area contributed by atoms with E-state index in [0.29, 0.717) is 12.3 Å². The smallest absolute Gasteiger partial charge is 0.410 e. The highest BCUT2D eigenvalue weighted by Crippen LogP contribution is 2.34. The predicted octanol–water partition coefficient (Wildman–Crippen LogP) is 3.13. The molecule has 1 N–H and O–H groups in total. The van der Waals surface area contributed by atoms with Crippen LogP contribution in [0.2, 0.25) is 0 Å². The van der Waals surface area contributed by atoms with Gasteiger partial charge in [0.15, 0.2) is 0 Å². The number of hydrogen-bond donors (Lipinski definition) is 1. The third-order valence-electron chi connectivity index (χ3n) is 4.64. The second-order valence-corrected chi connectivity index (χ2v) is 6.27. The third kappa shape index (κ3) is 3.96. The molecule has 2 aromatic carbocycles. The monoisotopic (exact) mass is 355 g/mol. The number of carboxylic acid groups (broad SMARTS) is 1. The zero-order chi connectivity index (χ0) is 18.5. The lowest BCUT2D eigenvalue weighted by Crippen LogP contribution is -2.30. The number of aliphatic carboxylic acids is 1. The van der Waals surface area contributed by atoms with Gasteiger partial charge in [0, 0.05) is 19.0 Å². The minimum atomic E-state index is -0.913. The van der Waals surface area contributed by atoms with Crippen LogP contribution in [0.1, 0.15) is 17.0 Å². The zero-order valence-electron chi connectivity index (χ0n) is 14.5. The van der Waals surface area contributed by atoms with Crippen LogP contribution in [0.4, 0.5) is 4.79 Å². The molecule has 3 rings (SSSR count). The van der Waals surface area contributed by atoms with E-state index in [0.717, 1.165) is 11.1 Å². The van der Waals surface area contributed by atoms with Gasteiger partial charge in [0.25, 0.3) is 0 Å². The molecule has 2 aromatic rings. The first-order valence-electron chi connectivity index (χ1n) is 8.41. The minimum Gasteiger partial charge on any atom is -0.497 e. The van der Waals surface area contributed by atoms with Crippen LogP contribution in [0.25, 0.3) is 0 Å². The van der Waals surface area contributed by atoms with Gasteiger partial charge in [0.1, 0.15) is 12.4 Å². The number of rotatable bonds is 5. The number of nitrogens with zero attached hydrogens (tertiary/aromatic N) is 1. The van der Waals surface area contributed by atoms with Gasteiger partial charge in [-0.2, -0.15) is 0 Å². The molecule has 6 nitrogen and oxygen atoms in total. The van der Waals surface area contributed by atoms with Gasteiger partial charge in [-0.3, -0.25) is 4.79 Å². The van der Waals surface area contributed by atoms with Crippen LogP contribution in [0, 0.1) is 5.92 Å². The molecular formula is C20H21NO5. The van der Waals surface area contributed by atoms with E-state index in [1.165, 1.54) is 4.90 Å². The van der Waals surface area contributed by atoms with Crippen molar-refractivity contribution in [2.24, 2.45) is 5.92 Å². The van der Waals surface area contributed by atoms with E-state index in [1.807, 2.05) is 42.5 Å². The Morgan fingerprint density at radius 1 is 1.08 bits per heavy atom. The van der Waals surface area contributed by atoms with Gasteiger partial charge >= 0.3 is 12.1 Å². The Balaban J connectivity index is 1.67. The van der Waals surface area contributed by atoms with Crippen molar-refractivity contribution in [3.8, 4) is 5.75 Å². The molecule has 0 spiro atoms. The second-order valence-electron chi connectivity index (χ2n) is 6.27. The summed E-state index contributed by atoms with van der Waals surface area (Å²) in [7, 11) is 1.58. The van der Waals surface area contributed by atoms with E-state index >= 15 is 0 Å². The predicted molar refractivity (Wildman–Crippen MR) is 95.1 cm³/mol. The lowest BCUT2D eigenvalue weighted by molar-refractivity contribution is -0.141. The first-order chi connectivity index (χ1) is 12.6. The standard InChI is InChI=1S/C20H21NO5/c1-25-16-9-7-15(8-10-16)17-11-21(12-18(17)19(22)23)20(24)26-13-14-5-3-2-4-6-14/h2-10,17-18H,11-13H2,1H3,(H,22,23). The summed E-state index contributed by atoms with van der Waals surface area (Å²) in [6, 6.07) is 16.7. The van der Waals surface area contributed by atoms with Crippen LogP contribution in [-0.2, 0) is 16.1 Å². The SMILES string of the molecule is COc1ccc(C2CN(C(=O)OCc3ccccc3)CC2C(=O)O)cc1. The van der Waals surface area contributed by atoms with Gasteiger partial charge in [-0.15, -0.1) is 0 Å². The van der Waals surface area contributed by atoms with Crippen molar-refractivity contribution in [2.45, 2.75) is 12.5 Å². The number of ether oxygens (including phenoxy) is 2. The molecule has 1 aliphatic heterocycles. The molecule has 0 bridgehead atoms. The maximum atomic E-state index is 12.4. The zero-order valence-corrected chi connectivity index (χ0v) is 14.5. The highest BCUT2D eigenvalue weighted by atomic mass is 16.6. The van der Waals surface area contributed by atoms with Gasteiger partial charge in [0.05, 0.1) is 13.0 Å². The number of carbonyl (C=O) groups is 2. The summed E-state index contributed by atoms with van der Waals surface area (Å²) >= 11 is 0. The molecule has 1 fully saturated rings. The molecule has 0 aliphatic carbocycles. The topological polar surface area (TPSA) is 76.1 Å². The maximum Gasteiger partial charge on any atom is 0.410 e. The molecule has 0 radical (unpaired) electrons. The van der Waals surface area contributed by atoms with Crippen molar-refractivity contribution in [3.05, 3.63) is 65.7 Å². The van der Waals surface area contributed by atoms with Crippen LogP contribution < -0.4 is 4.74 Å². The number of carboxylic acids is 1. The Bertz CT molecular complexity index is 760. The summed E-state index contributed by atoms with van der Waals surface area (Å²) in [6.07, 6.45) is -0.490. The van der Waals surface area contributed by atoms with Crippen molar-refractivity contribution in [1.29, 1.82) is 0 Å². The molecule has 2 atom stereocenters. The molecule has 6 heteroatoms. The highest BCUT2D eigenvalue weighted by molar-refractivity contribution is 5.75. The summed E-state index contributed by atoms with van der Waals surface area (Å²) in [5.41, 5.74) is 1.76. The largest absolute Gasteiger partial charge is 0.497 e. The van der Waals surface area contributed by atoms with Crippen molar-refractivity contribution < 1.29 is 24.2 Å². The first kappa shape index (κ1) is 17.8. The summed E-state index contributed by atoms with van der Waals surface area (Å²) in [5.74, 6) is -1.14. The maximum absolute atomic E-state index is 12.4. The van der Waals surface area contributed by atoms with E-state index in [2.05, 4.69) is 0 Å². The first-order valence-corrected chi connectivity index (χ1v) is 8.41. The average molecular weight is 355 g/mol. The van der Waals surface area contributed by atoms with E-state index in [-0.39, 0.29) is 19.1 Å². The molecule has 26 heavy (non-hydrogen) atoms. The van der Waals surface area contributed by atoms with Crippen LogP contribution in [0.3, 0.4) is 0 Å². The van der Waals surface area contributed by atoms with Crippen LogP contribution in [0.15, 0.2) is 54.6 Å². The third-order valence-corrected chi connectivity index (χ3v) is 4.64. The normalized spacial score (nSPS) is 19.2. The quantitative estimate of drug-likeness (QED) is 0.892. The Hall–Kier alpha value is -3.02. The van der Waals surface area contributed by atoms with Gasteiger partial charge in [-0.1, -0.05) is 42.5 Å². The van der Waals surface area contributed by atoms with Crippen LogP contribution >= 0.6 is 0 Å². The lowest BCUT2D eigenvalue weighted by Gasteiger charge is -2.16. The summed E-state index contributed by atoms with van der Waals surface area (Å²) < 4.78 is 10.5. The summed E-state index contributed by atoms with van der Waals surface area (Å²) in [5, 5.41) is 9.55. The summed E-state index contributed by atoms with van der Waals surface area (Å²) in [6.45, 7) is 0.623. The molecule has 1 heterocycles. The van der Waals surface area contributed by atoms with E-state index in [4.69, 9.17) is 9.47 Å². The Kier molecular flexibility index (Phi) is 5.41.